The Hall–Kier alpha value is -3.00. The molecule has 0 bridgehead atoms. The van der Waals surface area contributed by atoms with Gasteiger partial charge in [-0.15, -0.1) is 0 Å². The van der Waals surface area contributed by atoms with E-state index < -0.39 is 6.61 Å². The van der Waals surface area contributed by atoms with E-state index in [9.17, 15) is 8.78 Å². The van der Waals surface area contributed by atoms with Gasteiger partial charge in [0.25, 0.3) is 0 Å². The van der Waals surface area contributed by atoms with Crippen LogP contribution in [0.4, 0.5) is 14.6 Å². The van der Waals surface area contributed by atoms with Gasteiger partial charge < -0.3 is 9.72 Å². The van der Waals surface area contributed by atoms with Crippen molar-refractivity contribution in [1.29, 1.82) is 0 Å². The largest absolute Gasteiger partial charge is 0.434 e. The van der Waals surface area contributed by atoms with E-state index in [1.807, 2.05) is 19.2 Å². The molecule has 3 heterocycles. The topological polar surface area (TPSA) is 66.1 Å². The molecule has 1 aromatic carbocycles. The van der Waals surface area contributed by atoms with Crippen LogP contribution in [0.1, 0.15) is 17.3 Å². The molecular formula is C17H15F2N5O. The average molecular weight is 343 g/mol. The Morgan fingerprint density at radius 2 is 2.04 bits per heavy atom. The Kier molecular flexibility index (Phi) is 3.81. The van der Waals surface area contributed by atoms with Crippen molar-refractivity contribution in [3.05, 3.63) is 60.0 Å². The van der Waals surface area contributed by atoms with Gasteiger partial charge in [-0.3, -0.25) is 9.99 Å². The number of aromatic nitrogens is 3. The van der Waals surface area contributed by atoms with Crippen molar-refractivity contribution in [2.75, 3.05) is 12.1 Å². The number of pyridine rings is 1. The Morgan fingerprint density at radius 1 is 1.20 bits per heavy atom. The third-order valence-corrected chi connectivity index (χ3v) is 4.02. The smallest absolute Gasteiger partial charge is 0.387 e. The molecule has 128 valence electrons. The van der Waals surface area contributed by atoms with Crippen LogP contribution < -0.4 is 15.2 Å². The number of fused-ring (bicyclic) bond motifs is 1. The first-order valence-electron chi connectivity index (χ1n) is 7.67. The molecule has 25 heavy (non-hydrogen) atoms. The molecule has 1 unspecified atom stereocenters. The maximum atomic E-state index is 12.6. The van der Waals surface area contributed by atoms with Gasteiger partial charge in [0.1, 0.15) is 11.6 Å². The second-order valence-corrected chi connectivity index (χ2v) is 5.60. The summed E-state index contributed by atoms with van der Waals surface area (Å²) in [5.41, 5.74) is 5.59. The van der Waals surface area contributed by atoms with Crippen LogP contribution in [0.25, 0.3) is 11.4 Å². The van der Waals surface area contributed by atoms with Gasteiger partial charge in [-0.05, 0) is 23.8 Å². The molecule has 0 saturated carbocycles. The van der Waals surface area contributed by atoms with Crippen LogP contribution in [-0.4, -0.2) is 28.6 Å². The number of H-pyrrole nitrogens is 1. The molecule has 0 fully saturated rings. The van der Waals surface area contributed by atoms with Crippen molar-refractivity contribution < 1.29 is 13.5 Å². The summed E-state index contributed by atoms with van der Waals surface area (Å²) in [5.74, 6) is 1.26. The lowest BCUT2D eigenvalue weighted by molar-refractivity contribution is -0.0494. The number of aromatic amines is 1. The summed E-state index contributed by atoms with van der Waals surface area (Å²) in [6.07, 6.45) is 3.48. The minimum Gasteiger partial charge on any atom is -0.434 e. The number of hydrazine groups is 1. The van der Waals surface area contributed by atoms with Crippen LogP contribution in [0.5, 0.6) is 5.75 Å². The summed E-state index contributed by atoms with van der Waals surface area (Å²) in [6.45, 7) is -2.89. The molecule has 0 radical (unpaired) electrons. The lowest BCUT2D eigenvalue weighted by atomic mass is 10.1. The van der Waals surface area contributed by atoms with Gasteiger partial charge in [-0.1, -0.05) is 18.2 Å². The summed E-state index contributed by atoms with van der Waals surface area (Å²) in [5, 5.41) is 1.80. The fourth-order valence-corrected chi connectivity index (χ4v) is 2.93. The number of rotatable bonds is 4. The van der Waals surface area contributed by atoms with Crippen molar-refractivity contribution in [2.45, 2.75) is 12.7 Å². The van der Waals surface area contributed by atoms with Crippen LogP contribution in [0.2, 0.25) is 0 Å². The highest BCUT2D eigenvalue weighted by Gasteiger charge is 2.32. The van der Waals surface area contributed by atoms with E-state index in [0.717, 1.165) is 11.3 Å². The molecular weight excluding hydrogens is 328 g/mol. The van der Waals surface area contributed by atoms with E-state index in [4.69, 9.17) is 0 Å². The monoisotopic (exact) mass is 343 g/mol. The zero-order chi connectivity index (χ0) is 17.4. The first kappa shape index (κ1) is 15.5. The van der Waals surface area contributed by atoms with Gasteiger partial charge >= 0.3 is 6.61 Å². The number of nitrogens with one attached hydrogen (secondary N) is 2. The zero-order valence-corrected chi connectivity index (χ0v) is 13.3. The zero-order valence-electron chi connectivity index (χ0n) is 13.3. The predicted octanol–water partition coefficient (Wildman–Crippen LogP) is 3.12. The summed E-state index contributed by atoms with van der Waals surface area (Å²) >= 11 is 0. The minimum atomic E-state index is -2.89. The summed E-state index contributed by atoms with van der Waals surface area (Å²) < 4.78 is 29.9. The van der Waals surface area contributed by atoms with Crippen LogP contribution in [0.3, 0.4) is 0 Å². The first-order valence-corrected chi connectivity index (χ1v) is 7.67. The van der Waals surface area contributed by atoms with Gasteiger partial charge in [0.15, 0.2) is 5.82 Å². The molecule has 6 nitrogen and oxygen atoms in total. The second kappa shape index (κ2) is 6.14. The van der Waals surface area contributed by atoms with Gasteiger partial charge in [-0.25, -0.2) is 10.4 Å². The van der Waals surface area contributed by atoms with Crippen molar-refractivity contribution in [1.82, 2.24) is 20.4 Å². The number of imidazole rings is 1. The molecule has 8 heteroatoms. The quantitative estimate of drug-likeness (QED) is 0.762. The van der Waals surface area contributed by atoms with Gasteiger partial charge in [0.05, 0.1) is 17.3 Å². The number of benzene rings is 1. The number of alkyl halides is 2. The highest BCUT2D eigenvalue weighted by Crippen LogP contribution is 2.38. The van der Waals surface area contributed by atoms with Crippen LogP contribution in [0, 0.1) is 0 Å². The summed E-state index contributed by atoms with van der Waals surface area (Å²) in [4.78, 5) is 11.9. The third-order valence-electron chi connectivity index (χ3n) is 4.02. The summed E-state index contributed by atoms with van der Waals surface area (Å²) in [6, 6.07) is 10.3. The van der Waals surface area contributed by atoms with Gasteiger partial charge in [0, 0.05) is 19.4 Å². The standard InChI is InChI=1S/C17H15F2N5O/c1-24-16-14(13(23-24)10-5-4-8-20-9-10)21-15(22-16)11-6-2-3-7-12(11)25-17(18)19/h2-9,13,17,23H,1H3,(H,21,22). The molecule has 2 aromatic heterocycles. The molecule has 3 aromatic rings. The Bertz CT molecular complexity index is 884. The van der Waals surface area contributed by atoms with Crippen LogP contribution >= 0.6 is 0 Å². The number of ether oxygens (including phenoxy) is 1. The number of nitrogens with zero attached hydrogens (tertiary/aromatic N) is 3. The Morgan fingerprint density at radius 3 is 2.80 bits per heavy atom. The molecule has 0 aliphatic carbocycles. The van der Waals surface area contributed by atoms with E-state index in [1.165, 1.54) is 6.07 Å². The second-order valence-electron chi connectivity index (χ2n) is 5.60. The molecule has 1 aliphatic heterocycles. The normalized spacial score (nSPS) is 16.3. The van der Waals surface area contributed by atoms with E-state index in [0.29, 0.717) is 17.2 Å². The molecule has 2 N–H and O–H groups in total. The van der Waals surface area contributed by atoms with Crippen LogP contribution in [0.15, 0.2) is 48.8 Å². The summed E-state index contributed by atoms with van der Waals surface area (Å²) in [7, 11) is 1.85. The average Bonchev–Trinajstić information content (AvgIpc) is 3.16. The highest BCUT2D eigenvalue weighted by molar-refractivity contribution is 5.68. The maximum Gasteiger partial charge on any atom is 0.387 e. The fraction of sp³-hybridized carbons (Fsp3) is 0.176. The molecule has 1 atom stereocenters. The van der Waals surface area contributed by atoms with Crippen LogP contribution in [-0.2, 0) is 0 Å². The van der Waals surface area contributed by atoms with Crippen molar-refractivity contribution >= 4 is 5.82 Å². The minimum absolute atomic E-state index is 0.0819. The molecule has 1 aliphatic rings. The Balaban J connectivity index is 1.75. The molecule has 0 spiro atoms. The number of hydrogen-bond donors (Lipinski definition) is 2. The fourth-order valence-electron chi connectivity index (χ4n) is 2.93. The Labute approximate surface area is 142 Å². The first-order chi connectivity index (χ1) is 12.1. The predicted molar refractivity (Wildman–Crippen MR) is 88.3 cm³/mol. The lowest BCUT2D eigenvalue weighted by Gasteiger charge is -2.15. The van der Waals surface area contributed by atoms with E-state index >= 15 is 0 Å². The van der Waals surface area contributed by atoms with E-state index in [2.05, 4.69) is 25.1 Å². The molecule has 0 saturated heterocycles. The van der Waals surface area contributed by atoms with Crippen molar-refractivity contribution in [3.63, 3.8) is 0 Å². The number of hydrogen-bond acceptors (Lipinski definition) is 5. The highest BCUT2D eigenvalue weighted by atomic mass is 19.3. The number of anilines is 1. The number of halogens is 2. The molecule has 0 amide bonds. The van der Waals surface area contributed by atoms with Crippen molar-refractivity contribution in [2.24, 2.45) is 0 Å². The van der Waals surface area contributed by atoms with Gasteiger partial charge in [0.2, 0.25) is 0 Å². The van der Waals surface area contributed by atoms with Gasteiger partial charge in [-0.2, -0.15) is 8.78 Å². The van der Waals surface area contributed by atoms with E-state index in [1.54, 1.807) is 35.6 Å². The van der Waals surface area contributed by atoms with Crippen molar-refractivity contribution in [3.8, 4) is 17.1 Å². The molecule has 4 rings (SSSR count). The third kappa shape index (κ3) is 2.80. The maximum absolute atomic E-state index is 12.6. The number of para-hydroxylation sites is 1. The lowest BCUT2D eigenvalue weighted by Crippen LogP contribution is -2.31. The SMILES string of the molecule is CN1NC(c2cccnc2)c2[nH]c(-c3ccccc3OC(F)F)nc21. The van der Waals surface area contributed by atoms with E-state index in [-0.39, 0.29) is 11.8 Å².